The fraction of sp³-hybridized carbons (Fsp3) is 0.444. The minimum atomic E-state index is -0.429. The highest BCUT2D eigenvalue weighted by molar-refractivity contribution is 5.02. The molecule has 0 heterocycles. The number of nitrogens with two attached hydrogens (primary N) is 1. The van der Waals surface area contributed by atoms with Gasteiger partial charge in [0.05, 0.1) is 6.10 Å². The standard InChI is InChI=1S/C18H29NO/c1-3-4-5-6-7-8-9-10-11-12-13-14-15-16-18(20)17(2)19/h3-5,7-8,10-11,14-15,17-18,20H,1,6,9,12-13,16,19H2,2H3/b5-4-,8-7-,11-10-,15-14+/t17-,18-/m0/s1. The lowest BCUT2D eigenvalue weighted by Crippen LogP contribution is -2.30. The highest BCUT2D eigenvalue weighted by Crippen LogP contribution is 2.00. The molecule has 0 aliphatic carbocycles. The van der Waals surface area contributed by atoms with Crippen LogP contribution < -0.4 is 5.73 Å². The summed E-state index contributed by atoms with van der Waals surface area (Å²) < 4.78 is 0. The minimum absolute atomic E-state index is 0.160. The van der Waals surface area contributed by atoms with Crippen molar-refractivity contribution < 1.29 is 5.11 Å². The number of hydrogen-bond acceptors (Lipinski definition) is 2. The van der Waals surface area contributed by atoms with Gasteiger partial charge in [-0.05, 0) is 39.0 Å². The smallest absolute Gasteiger partial charge is 0.0722 e. The maximum absolute atomic E-state index is 9.50. The second kappa shape index (κ2) is 14.0. The highest BCUT2D eigenvalue weighted by atomic mass is 16.3. The molecular formula is C18H29NO. The summed E-state index contributed by atoms with van der Waals surface area (Å²) in [5.74, 6) is 0. The molecule has 0 aromatic carbocycles. The minimum Gasteiger partial charge on any atom is -0.391 e. The molecule has 0 amide bonds. The summed E-state index contributed by atoms with van der Waals surface area (Å²) in [6.07, 6.45) is 22.8. The van der Waals surface area contributed by atoms with Crippen LogP contribution in [0.3, 0.4) is 0 Å². The molecule has 2 nitrogen and oxygen atoms in total. The molecule has 0 fully saturated rings. The van der Waals surface area contributed by atoms with Gasteiger partial charge < -0.3 is 10.8 Å². The van der Waals surface area contributed by atoms with Crippen LogP contribution in [0, 0.1) is 0 Å². The lowest BCUT2D eigenvalue weighted by Gasteiger charge is -2.10. The number of aliphatic hydroxyl groups excluding tert-OH is 1. The van der Waals surface area contributed by atoms with Gasteiger partial charge in [-0.15, -0.1) is 0 Å². The summed E-state index contributed by atoms with van der Waals surface area (Å²) in [4.78, 5) is 0. The first-order valence-electron chi connectivity index (χ1n) is 7.34. The van der Waals surface area contributed by atoms with Crippen molar-refractivity contribution in [3.63, 3.8) is 0 Å². The monoisotopic (exact) mass is 275 g/mol. The molecule has 0 radical (unpaired) electrons. The predicted octanol–water partition coefficient (Wildman–Crippen LogP) is 4.06. The van der Waals surface area contributed by atoms with E-state index in [0.717, 1.165) is 25.7 Å². The summed E-state index contributed by atoms with van der Waals surface area (Å²) in [6.45, 7) is 5.44. The second-order valence-electron chi connectivity index (χ2n) is 4.79. The Kier molecular flexibility index (Phi) is 13.1. The van der Waals surface area contributed by atoms with Gasteiger partial charge in [0.25, 0.3) is 0 Å². The van der Waals surface area contributed by atoms with Gasteiger partial charge in [-0.3, -0.25) is 0 Å². The number of unbranched alkanes of at least 4 members (excludes halogenated alkanes) is 1. The summed E-state index contributed by atoms with van der Waals surface area (Å²) >= 11 is 0. The number of allylic oxidation sites excluding steroid dienone is 8. The largest absolute Gasteiger partial charge is 0.391 e. The van der Waals surface area contributed by atoms with E-state index < -0.39 is 6.10 Å². The van der Waals surface area contributed by atoms with Gasteiger partial charge in [0.15, 0.2) is 0 Å². The normalized spacial score (nSPS) is 15.8. The highest BCUT2D eigenvalue weighted by Gasteiger charge is 2.05. The van der Waals surface area contributed by atoms with Gasteiger partial charge in [0.2, 0.25) is 0 Å². The molecule has 0 aliphatic rings. The van der Waals surface area contributed by atoms with Crippen LogP contribution in [0.1, 0.15) is 39.0 Å². The van der Waals surface area contributed by atoms with E-state index in [4.69, 9.17) is 5.73 Å². The van der Waals surface area contributed by atoms with E-state index in [1.807, 2.05) is 19.1 Å². The first-order valence-corrected chi connectivity index (χ1v) is 7.34. The lowest BCUT2D eigenvalue weighted by molar-refractivity contribution is 0.154. The Labute approximate surface area is 124 Å². The Morgan fingerprint density at radius 2 is 1.50 bits per heavy atom. The fourth-order valence-corrected chi connectivity index (χ4v) is 1.50. The average Bonchev–Trinajstić information content (AvgIpc) is 2.43. The van der Waals surface area contributed by atoms with Crippen LogP contribution >= 0.6 is 0 Å². The lowest BCUT2D eigenvalue weighted by atomic mass is 10.1. The molecule has 0 saturated heterocycles. The third kappa shape index (κ3) is 13.1. The Morgan fingerprint density at radius 3 is 2.10 bits per heavy atom. The quantitative estimate of drug-likeness (QED) is 0.339. The van der Waals surface area contributed by atoms with Crippen LogP contribution in [0.5, 0.6) is 0 Å². The maximum atomic E-state index is 9.50. The van der Waals surface area contributed by atoms with Crippen molar-refractivity contribution in [3.8, 4) is 0 Å². The van der Waals surface area contributed by atoms with Gasteiger partial charge in [-0.1, -0.05) is 61.3 Å². The number of aliphatic hydroxyl groups is 1. The van der Waals surface area contributed by atoms with E-state index in [0.29, 0.717) is 6.42 Å². The zero-order chi connectivity index (χ0) is 15.1. The van der Waals surface area contributed by atoms with E-state index in [2.05, 4.69) is 43.0 Å². The molecule has 2 heteroatoms. The van der Waals surface area contributed by atoms with Crippen molar-refractivity contribution in [1.82, 2.24) is 0 Å². The molecule has 0 rings (SSSR count). The Morgan fingerprint density at radius 1 is 0.950 bits per heavy atom. The molecule has 0 aliphatic heterocycles. The second-order valence-corrected chi connectivity index (χ2v) is 4.79. The van der Waals surface area contributed by atoms with Crippen LogP contribution in [0.2, 0.25) is 0 Å². The van der Waals surface area contributed by atoms with E-state index >= 15 is 0 Å². The van der Waals surface area contributed by atoms with Gasteiger partial charge in [-0.2, -0.15) is 0 Å². The fourth-order valence-electron chi connectivity index (χ4n) is 1.50. The van der Waals surface area contributed by atoms with E-state index in [9.17, 15) is 5.11 Å². The van der Waals surface area contributed by atoms with Crippen LogP contribution in [0.25, 0.3) is 0 Å². The molecule has 0 aromatic heterocycles. The summed E-state index contributed by atoms with van der Waals surface area (Å²) in [5, 5.41) is 9.50. The van der Waals surface area contributed by atoms with Crippen molar-refractivity contribution in [2.45, 2.75) is 51.2 Å². The third-order valence-corrected chi connectivity index (χ3v) is 2.80. The van der Waals surface area contributed by atoms with Crippen molar-refractivity contribution in [2.75, 3.05) is 0 Å². The summed E-state index contributed by atoms with van der Waals surface area (Å²) in [7, 11) is 0. The molecule has 2 atom stereocenters. The van der Waals surface area contributed by atoms with E-state index in [1.165, 1.54) is 0 Å². The molecule has 0 bridgehead atoms. The molecule has 112 valence electrons. The molecule has 0 spiro atoms. The van der Waals surface area contributed by atoms with Crippen LogP contribution in [-0.4, -0.2) is 17.3 Å². The van der Waals surface area contributed by atoms with Crippen molar-refractivity contribution in [2.24, 2.45) is 5.73 Å². The van der Waals surface area contributed by atoms with Gasteiger partial charge in [0, 0.05) is 6.04 Å². The maximum Gasteiger partial charge on any atom is 0.0722 e. The predicted molar refractivity (Wildman–Crippen MR) is 89.5 cm³/mol. The molecular weight excluding hydrogens is 246 g/mol. The zero-order valence-corrected chi connectivity index (χ0v) is 12.6. The van der Waals surface area contributed by atoms with Crippen molar-refractivity contribution in [1.29, 1.82) is 0 Å². The topological polar surface area (TPSA) is 46.2 Å². The average molecular weight is 275 g/mol. The van der Waals surface area contributed by atoms with Crippen molar-refractivity contribution >= 4 is 0 Å². The number of rotatable bonds is 11. The van der Waals surface area contributed by atoms with Crippen LogP contribution in [0.4, 0.5) is 0 Å². The van der Waals surface area contributed by atoms with Crippen LogP contribution in [0.15, 0.2) is 61.3 Å². The Bertz CT molecular complexity index is 337. The number of hydrogen-bond donors (Lipinski definition) is 2. The summed E-state index contributed by atoms with van der Waals surface area (Å²) in [6, 6.07) is -0.160. The zero-order valence-electron chi connectivity index (χ0n) is 12.6. The molecule has 20 heavy (non-hydrogen) atoms. The molecule has 0 aromatic rings. The first kappa shape index (κ1) is 18.6. The van der Waals surface area contributed by atoms with Gasteiger partial charge in [-0.25, -0.2) is 0 Å². The Hall–Kier alpha value is -1.38. The Balaban J connectivity index is 3.50. The third-order valence-electron chi connectivity index (χ3n) is 2.80. The van der Waals surface area contributed by atoms with Crippen molar-refractivity contribution in [3.05, 3.63) is 61.3 Å². The van der Waals surface area contributed by atoms with E-state index in [-0.39, 0.29) is 6.04 Å². The van der Waals surface area contributed by atoms with Gasteiger partial charge >= 0.3 is 0 Å². The van der Waals surface area contributed by atoms with Crippen LogP contribution in [-0.2, 0) is 0 Å². The van der Waals surface area contributed by atoms with E-state index in [1.54, 1.807) is 6.08 Å². The summed E-state index contributed by atoms with van der Waals surface area (Å²) in [5.41, 5.74) is 5.57. The SMILES string of the molecule is C=C/C=C\C/C=C\C/C=C\CC/C=C/C[C@H](O)[C@H](C)N. The van der Waals surface area contributed by atoms with Gasteiger partial charge in [0.1, 0.15) is 0 Å². The molecule has 0 saturated carbocycles. The molecule has 3 N–H and O–H groups in total. The molecule has 0 unspecified atom stereocenters. The first-order chi connectivity index (χ1) is 9.68.